The van der Waals surface area contributed by atoms with Crippen LogP contribution >= 0.6 is 0 Å². The van der Waals surface area contributed by atoms with E-state index in [4.69, 9.17) is 28.4 Å². The Morgan fingerprint density at radius 3 is 2.18 bits per heavy atom. The van der Waals surface area contributed by atoms with Crippen LogP contribution in [-0.2, 0) is 33.2 Å². The SMILES string of the molecule is CC(=O)OC1CC23CC24CCC(OC2OCC(O)C(O)C2O)C(C)(C)C4CCC3C2(C)C(O)C3OC4(CC(C)C3C12C)OC(O)C1(C)OC41. The molecule has 0 amide bonds. The van der Waals surface area contributed by atoms with Crippen LogP contribution in [0.2, 0.25) is 0 Å². The third-order valence-corrected chi connectivity index (χ3v) is 16.9. The van der Waals surface area contributed by atoms with Gasteiger partial charge in [0.15, 0.2) is 12.6 Å². The van der Waals surface area contributed by atoms with Crippen molar-refractivity contribution < 1.29 is 58.7 Å². The zero-order valence-corrected chi connectivity index (χ0v) is 29.8. The number of carbonyl (C=O) groups is 1. The molecule has 3 spiro atoms. The highest BCUT2D eigenvalue weighted by atomic mass is 16.8. The minimum absolute atomic E-state index is 0.0206. The minimum Gasteiger partial charge on any atom is -0.462 e. The molecule has 9 aliphatic rings. The molecule has 4 aliphatic heterocycles. The molecule has 4 heterocycles. The molecule has 49 heavy (non-hydrogen) atoms. The third kappa shape index (κ3) is 3.83. The number of fused-ring (bicyclic) bond motifs is 6. The van der Waals surface area contributed by atoms with E-state index in [1.54, 1.807) is 0 Å². The van der Waals surface area contributed by atoms with Gasteiger partial charge in [-0.15, -0.1) is 0 Å². The molecule has 0 radical (unpaired) electrons. The van der Waals surface area contributed by atoms with Crippen LogP contribution in [0, 0.1) is 50.7 Å². The Morgan fingerprint density at radius 2 is 1.53 bits per heavy atom. The van der Waals surface area contributed by atoms with Crippen molar-refractivity contribution in [3.63, 3.8) is 0 Å². The average molecular weight is 693 g/mol. The van der Waals surface area contributed by atoms with Crippen molar-refractivity contribution >= 4 is 5.97 Å². The number of ether oxygens (including phenoxy) is 6. The number of epoxide rings is 1. The molecule has 0 aromatic rings. The van der Waals surface area contributed by atoms with Gasteiger partial charge in [0.05, 0.1) is 24.9 Å². The summed E-state index contributed by atoms with van der Waals surface area (Å²) in [5.41, 5.74) is -2.46. The van der Waals surface area contributed by atoms with Gasteiger partial charge in [0.1, 0.15) is 36.1 Å². The molecule has 9 fully saturated rings. The number of aliphatic hydroxyl groups is 5. The first kappa shape index (κ1) is 33.9. The summed E-state index contributed by atoms with van der Waals surface area (Å²) < 4.78 is 37.6. The largest absolute Gasteiger partial charge is 0.462 e. The number of esters is 1. The van der Waals surface area contributed by atoms with Crippen LogP contribution in [0.5, 0.6) is 0 Å². The molecule has 20 atom stereocenters. The summed E-state index contributed by atoms with van der Waals surface area (Å²) in [6, 6.07) is 0. The molecule has 9 rings (SSSR count). The maximum absolute atomic E-state index is 12.9. The molecule has 20 unspecified atom stereocenters. The maximum atomic E-state index is 12.9. The van der Waals surface area contributed by atoms with Crippen LogP contribution in [0.3, 0.4) is 0 Å². The normalized spacial score (nSPS) is 63.8. The average Bonchev–Trinajstić information content (AvgIpc) is 3.88. The van der Waals surface area contributed by atoms with E-state index in [9.17, 15) is 30.3 Å². The van der Waals surface area contributed by atoms with Gasteiger partial charge in [0.25, 0.3) is 0 Å². The molecule has 0 aromatic heterocycles. The Hall–Kier alpha value is -0.930. The van der Waals surface area contributed by atoms with Gasteiger partial charge in [-0.2, -0.15) is 0 Å². The fourth-order valence-corrected chi connectivity index (χ4v) is 14.6. The van der Waals surface area contributed by atoms with Crippen LogP contribution < -0.4 is 0 Å². The smallest absolute Gasteiger partial charge is 0.302 e. The standard InChI is InChI=1S/C37H56O12/c1-16-12-37(29-34(7,48-29)30(43)49-37)47-26-23(16)33(6)22(45-17(2)38)13-36-15-35(36)11-10-21(46-28-25(41)24(40)18(39)14-44-28)31(3,4)19(35)8-9-20(36)32(33,5)27(26)42/h16,18-30,39-43H,8-15H2,1-7H3. The van der Waals surface area contributed by atoms with Crippen LogP contribution in [0.25, 0.3) is 0 Å². The van der Waals surface area contributed by atoms with Crippen molar-refractivity contribution in [3.05, 3.63) is 0 Å². The zero-order chi connectivity index (χ0) is 35.1. The topological polar surface area (TPSA) is 177 Å². The van der Waals surface area contributed by atoms with Crippen molar-refractivity contribution in [2.24, 2.45) is 50.7 Å². The van der Waals surface area contributed by atoms with Gasteiger partial charge in [0, 0.05) is 30.1 Å². The highest BCUT2D eigenvalue weighted by Gasteiger charge is 2.88. The second-order valence-electron chi connectivity index (χ2n) is 19.0. The zero-order valence-electron chi connectivity index (χ0n) is 29.8. The minimum atomic E-state index is -1.34. The number of rotatable bonds is 3. The molecule has 5 N–H and O–H groups in total. The summed E-state index contributed by atoms with van der Waals surface area (Å²) >= 11 is 0. The molecule has 5 aliphatic carbocycles. The van der Waals surface area contributed by atoms with E-state index in [2.05, 4.69) is 34.6 Å². The molecule has 0 aromatic carbocycles. The van der Waals surface area contributed by atoms with E-state index >= 15 is 0 Å². The Balaban J connectivity index is 1.05. The second kappa shape index (κ2) is 9.98. The fourth-order valence-electron chi connectivity index (χ4n) is 14.6. The summed E-state index contributed by atoms with van der Waals surface area (Å²) in [4.78, 5) is 12.9. The van der Waals surface area contributed by atoms with Gasteiger partial charge in [-0.3, -0.25) is 4.79 Å². The summed E-state index contributed by atoms with van der Waals surface area (Å²) in [5.74, 6) is -1.05. The highest BCUT2D eigenvalue weighted by molar-refractivity contribution is 5.66. The first-order valence-electron chi connectivity index (χ1n) is 18.7. The van der Waals surface area contributed by atoms with E-state index in [1.807, 2.05) is 6.92 Å². The monoisotopic (exact) mass is 692 g/mol. The van der Waals surface area contributed by atoms with Crippen molar-refractivity contribution in [2.75, 3.05) is 6.61 Å². The van der Waals surface area contributed by atoms with E-state index in [0.717, 1.165) is 38.5 Å². The van der Waals surface area contributed by atoms with Gasteiger partial charge in [-0.25, -0.2) is 0 Å². The lowest BCUT2D eigenvalue weighted by Crippen LogP contribution is -2.65. The van der Waals surface area contributed by atoms with Crippen LogP contribution in [0.15, 0.2) is 0 Å². The Morgan fingerprint density at radius 1 is 0.816 bits per heavy atom. The highest BCUT2D eigenvalue weighted by Crippen LogP contribution is 2.89. The summed E-state index contributed by atoms with van der Waals surface area (Å²) in [6.45, 7) is 14.4. The van der Waals surface area contributed by atoms with E-state index < -0.39 is 77.5 Å². The summed E-state index contributed by atoms with van der Waals surface area (Å²) in [7, 11) is 0. The Labute approximate surface area is 288 Å². The molecular formula is C37H56O12. The predicted octanol–water partition coefficient (Wildman–Crippen LogP) is 2.00. The predicted molar refractivity (Wildman–Crippen MR) is 169 cm³/mol. The van der Waals surface area contributed by atoms with Gasteiger partial charge >= 0.3 is 5.97 Å². The van der Waals surface area contributed by atoms with E-state index in [-0.39, 0.29) is 58.6 Å². The first-order valence-corrected chi connectivity index (χ1v) is 18.7. The molecule has 12 heteroatoms. The summed E-state index contributed by atoms with van der Waals surface area (Å²) in [6.07, 6.45) is -2.66. The van der Waals surface area contributed by atoms with Crippen LogP contribution in [0.1, 0.15) is 93.4 Å². The first-order chi connectivity index (χ1) is 22.8. The maximum Gasteiger partial charge on any atom is 0.302 e. The molecule has 12 nitrogen and oxygen atoms in total. The quantitative estimate of drug-likeness (QED) is 0.166. The van der Waals surface area contributed by atoms with Crippen LogP contribution in [0.4, 0.5) is 0 Å². The lowest BCUT2D eigenvalue weighted by atomic mass is 9.40. The van der Waals surface area contributed by atoms with E-state index in [0.29, 0.717) is 6.42 Å². The van der Waals surface area contributed by atoms with Crippen molar-refractivity contribution in [1.82, 2.24) is 0 Å². The molecule has 4 saturated heterocycles. The van der Waals surface area contributed by atoms with Gasteiger partial charge in [0.2, 0.25) is 5.79 Å². The third-order valence-electron chi connectivity index (χ3n) is 16.9. The van der Waals surface area contributed by atoms with Crippen LogP contribution in [-0.4, -0.2) is 111 Å². The Kier molecular flexibility index (Phi) is 6.90. The van der Waals surface area contributed by atoms with E-state index in [1.165, 1.54) is 6.92 Å². The molecule has 5 saturated carbocycles. The molecular weight excluding hydrogens is 636 g/mol. The second-order valence-corrected chi connectivity index (χ2v) is 19.0. The van der Waals surface area contributed by atoms with Gasteiger partial charge < -0.3 is 54.0 Å². The van der Waals surface area contributed by atoms with Gasteiger partial charge in [-0.05, 0) is 79.4 Å². The molecule has 0 bridgehead atoms. The van der Waals surface area contributed by atoms with Gasteiger partial charge in [-0.1, -0.05) is 34.6 Å². The lowest BCUT2D eigenvalue weighted by Gasteiger charge is -2.65. The fraction of sp³-hybridized carbons (Fsp3) is 0.973. The summed E-state index contributed by atoms with van der Waals surface area (Å²) in [5, 5.41) is 54.4. The van der Waals surface area contributed by atoms with Crippen molar-refractivity contribution in [2.45, 2.75) is 166 Å². The number of hydrogen-bond acceptors (Lipinski definition) is 12. The number of hydrogen-bond donors (Lipinski definition) is 5. The molecule has 276 valence electrons. The lowest BCUT2D eigenvalue weighted by molar-refractivity contribution is -0.351. The van der Waals surface area contributed by atoms with Crippen molar-refractivity contribution in [3.8, 4) is 0 Å². The number of aliphatic hydroxyl groups excluding tert-OH is 5. The van der Waals surface area contributed by atoms with Crippen molar-refractivity contribution in [1.29, 1.82) is 0 Å². The number of carbonyl (C=O) groups excluding carboxylic acids is 1. The Bertz CT molecular complexity index is 1430.